The first-order chi connectivity index (χ1) is 10.5. The van der Waals surface area contributed by atoms with Crippen LogP contribution in [0.3, 0.4) is 0 Å². The Hall–Kier alpha value is -2.41. The number of hydrogen-bond donors (Lipinski definition) is 1. The van der Waals surface area contributed by atoms with Crippen molar-refractivity contribution in [3.8, 4) is 0 Å². The molecule has 22 heavy (non-hydrogen) atoms. The van der Waals surface area contributed by atoms with Crippen LogP contribution in [0.1, 0.15) is 21.6 Å². The minimum atomic E-state index is -1.16. The number of carbonyl (C=O) groups is 2. The maximum atomic E-state index is 12.3. The first kappa shape index (κ1) is 14.5. The normalized spacial score (nSPS) is 13.8. The number of fused-ring (bicyclic) bond motifs is 1. The van der Waals surface area contributed by atoms with E-state index >= 15 is 0 Å². The van der Waals surface area contributed by atoms with E-state index in [1.165, 1.54) is 10.9 Å². The van der Waals surface area contributed by atoms with E-state index < -0.39 is 5.97 Å². The summed E-state index contributed by atoms with van der Waals surface area (Å²) in [5.41, 5.74) is 2.06. The molecule has 2 heterocycles. The van der Waals surface area contributed by atoms with Gasteiger partial charge in [-0.1, -0.05) is 22.9 Å². The lowest BCUT2D eigenvalue weighted by Crippen LogP contribution is -2.38. The molecule has 0 saturated carbocycles. The van der Waals surface area contributed by atoms with Crippen molar-refractivity contribution >= 4 is 23.5 Å². The molecule has 3 rings (SSSR count). The Labute approximate surface area is 131 Å². The molecule has 0 saturated heterocycles. The highest BCUT2D eigenvalue weighted by Gasteiger charge is 2.21. The predicted octanol–water partition coefficient (Wildman–Crippen LogP) is 1.21. The van der Waals surface area contributed by atoms with Gasteiger partial charge in [0, 0.05) is 18.1 Å². The zero-order chi connectivity index (χ0) is 15.7. The first-order valence-corrected chi connectivity index (χ1v) is 7.09. The van der Waals surface area contributed by atoms with Crippen molar-refractivity contribution in [1.82, 2.24) is 19.9 Å². The van der Waals surface area contributed by atoms with Gasteiger partial charge in [-0.2, -0.15) is 0 Å². The summed E-state index contributed by atoms with van der Waals surface area (Å²) in [6.07, 6.45) is 2.00. The molecule has 0 bridgehead atoms. The molecule has 1 amide bonds. The van der Waals surface area contributed by atoms with Crippen molar-refractivity contribution in [1.29, 1.82) is 0 Å². The number of carboxylic acid groups (broad SMARTS) is 1. The topological polar surface area (TPSA) is 88.3 Å². The van der Waals surface area contributed by atoms with Crippen LogP contribution in [-0.4, -0.2) is 43.4 Å². The molecule has 1 aliphatic rings. The van der Waals surface area contributed by atoms with Crippen LogP contribution in [-0.2, 0) is 24.3 Å². The average Bonchev–Trinajstić information content (AvgIpc) is 2.95. The van der Waals surface area contributed by atoms with Crippen molar-refractivity contribution in [3.63, 3.8) is 0 Å². The average molecular weight is 321 g/mol. The van der Waals surface area contributed by atoms with Crippen LogP contribution in [0.15, 0.2) is 24.4 Å². The van der Waals surface area contributed by atoms with Crippen LogP contribution >= 0.6 is 11.6 Å². The molecule has 2 aromatic rings. The fourth-order valence-corrected chi connectivity index (χ4v) is 2.64. The Kier molecular flexibility index (Phi) is 3.81. The molecule has 0 aliphatic carbocycles. The third-order valence-corrected chi connectivity index (χ3v) is 3.82. The lowest BCUT2D eigenvalue weighted by atomic mass is 10.00. The summed E-state index contributed by atoms with van der Waals surface area (Å²) in [5.74, 6) is -1.29. The van der Waals surface area contributed by atoms with Gasteiger partial charge >= 0.3 is 5.97 Å². The number of benzene rings is 1. The van der Waals surface area contributed by atoms with Gasteiger partial charge in [0.2, 0.25) is 5.91 Å². The Morgan fingerprint density at radius 3 is 2.86 bits per heavy atom. The van der Waals surface area contributed by atoms with Gasteiger partial charge in [0.15, 0.2) is 5.69 Å². The molecule has 0 unspecified atom stereocenters. The number of carboxylic acids is 1. The van der Waals surface area contributed by atoms with Crippen LogP contribution in [0, 0.1) is 0 Å². The van der Waals surface area contributed by atoms with Gasteiger partial charge in [-0.25, -0.2) is 9.48 Å². The first-order valence-electron chi connectivity index (χ1n) is 6.71. The van der Waals surface area contributed by atoms with E-state index in [0.717, 1.165) is 17.5 Å². The number of aromatic carboxylic acids is 1. The molecule has 1 aromatic carbocycles. The zero-order valence-electron chi connectivity index (χ0n) is 11.6. The van der Waals surface area contributed by atoms with E-state index in [1.54, 1.807) is 4.90 Å². The Balaban J connectivity index is 1.68. The second-order valence-electron chi connectivity index (χ2n) is 5.08. The monoisotopic (exact) mass is 320 g/mol. The van der Waals surface area contributed by atoms with Crippen LogP contribution in [0.25, 0.3) is 0 Å². The van der Waals surface area contributed by atoms with Crippen LogP contribution < -0.4 is 0 Å². The van der Waals surface area contributed by atoms with Crippen LogP contribution in [0.4, 0.5) is 0 Å². The standard InChI is InChI=1S/C14H13ClN4O3/c15-11-2-1-10-6-18(4-3-9(10)5-11)13(20)8-19-7-12(14(21)22)16-17-19/h1-2,5,7H,3-4,6,8H2,(H,21,22). The summed E-state index contributed by atoms with van der Waals surface area (Å²) >= 11 is 5.96. The number of halogens is 1. The largest absolute Gasteiger partial charge is 0.476 e. The van der Waals surface area contributed by atoms with E-state index in [-0.39, 0.29) is 18.1 Å². The minimum absolute atomic E-state index is 0.0246. The number of hydrogen-bond acceptors (Lipinski definition) is 4. The second kappa shape index (κ2) is 5.76. The molecular weight excluding hydrogens is 308 g/mol. The maximum absolute atomic E-state index is 12.3. The van der Waals surface area contributed by atoms with Gasteiger partial charge in [-0.3, -0.25) is 4.79 Å². The molecule has 7 nitrogen and oxygen atoms in total. The summed E-state index contributed by atoms with van der Waals surface area (Å²) in [5, 5.41) is 16.6. The Bertz CT molecular complexity index is 743. The summed E-state index contributed by atoms with van der Waals surface area (Å²) in [4.78, 5) is 24.8. The van der Waals surface area contributed by atoms with Crippen LogP contribution in [0.2, 0.25) is 5.02 Å². The van der Waals surface area contributed by atoms with Crippen molar-refractivity contribution in [3.05, 3.63) is 46.2 Å². The molecule has 1 aromatic heterocycles. The summed E-state index contributed by atoms with van der Waals surface area (Å²) in [6.45, 7) is 1.10. The molecule has 1 N–H and O–H groups in total. The molecule has 0 radical (unpaired) electrons. The second-order valence-corrected chi connectivity index (χ2v) is 5.52. The smallest absolute Gasteiger partial charge is 0.358 e. The van der Waals surface area contributed by atoms with Gasteiger partial charge in [0.05, 0.1) is 6.20 Å². The maximum Gasteiger partial charge on any atom is 0.358 e. The number of amides is 1. The van der Waals surface area contributed by atoms with Gasteiger partial charge < -0.3 is 10.0 Å². The SMILES string of the molecule is O=C(O)c1cn(CC(=O)N2CCc3cc(Cl)ccc3C2)nn1. The number of nitrogens with zero attached hydrogens (tertiary/aromatic N) is 4. The molecule has 114 valence electrons. The third-order valence-electron chi connectivity index (χ3n) is 3.59. The number of aromatic nitrogens is 3. The number of rotatable bonds is 3. The van der Waals surface area contributed by atoms with Gasteiger partial charge in [-0.15, -0.1) is 5.10 Å². The lowest BCUT2D eigenvalue weighted by Gasteiger charge is -2.29. The molecule has 8 heteroatoms. The quantitative estimate of drug-likeness (QED) is 0.918. The van der Waals surface area contributed by atoms with E-state index in [4.69, 9.17) is 16.7 Å². The van der Waals surface area contributed by atoms with Crippen molar-refractivity contribution in [2.75, 3.05) is 6.54 Å². The summed E-state index contributed by atoms with van der Waals surface area (Å²) in [7, 11) is 0. The molecule has 1 aliphatic heterocycles. The van der Waals surface area contributed by atoms with Crippen molar-refractivity contribution < 1.29 is 14.7 Å². The van der Waals surface area contributed by atoms with E-state index in [1.807, 2.05) is 18.2 Å². The summed E-state index contributed by atoms with van der Waals surface area (Å²) < 4.78 is 1.24. The van der Waals surface area contributed by atoms with E-state index in [9.17, 15) is 9.59 Å². The Morgan fingerprint density at radius 2 is 2.14 bits per heavy atom. The molecule has 0 fully saturated rings. The van der Waals surface area contributed by atoms with Gasteiger partial charge in [0.1, 0.15) is 6.54 Å². The van der Waals surface area contributed by atoms with Gasteiger partial charge in [0.25, 0.3) is 0 Å². The number of carbonyl (C=O) groups excluding carboxylic acids is 1. The van der Waals surface area contributed by atoms with Gasteiger partial charge in [-0.05, 0) is 29.7 Å². The fraction of sp³-hybridized carbons (Fsp3) is 0.286. The lowest BCUT2D eigenvalue weighted by molar-refractivity contribution is -0.133. The predicted molar refractivity (Wildman–Crippen MR) is 77.6 cm³/mol. The van der Waals surface area contributed by atoms with Crippen molar-refractivity contribution in [2.45, 2.75) is 19.5 Å². The van der Waals surface area contributed by atoms with E-state index in [2.05, 4.69) is 10.3 Å². The molecular formula is C14H13ClN4O3. The highest BCUT2D eigenvalue weighted by Crippen LogP contribution is 2.22. The fourth-order valence-electron chi connectivity index (χ4n) is 2.45. The highest BCUT2D eigenvalue weighted by atomic mass is 35.5. The summed E-state index contributed by atoms with van der Waals surface area (Å²) in [6, 6.07) is 5.66. The molecule has 0 spiro atoms. The Morgan fingerprint density at radius 1 is 1.32 bits per heavy atom. The zero-order valence-corrected chi connectivity index (χ0v) is 12.3. The van der Waals surface area contributed by atoms with Crippen LogP contribution in [0.5, 0.6) is 0 Å². The molecule has 0 atom stereocenters. The van der Waals surface area contributed by atoms with Crippen molar-refractivity contribution in [2.24, 2.45) is 0 Å². The third kappa shape index (κ3) is 2.94. The highest BCUT2D eigenvalue weighted by molar-refractivity contribution is 6.30. The minimum Gasteiger partial charge on any atom is -0.476 e. The van der Waals surface area contributed by atoms with E-state index in [0.29, 0.717) is 18.1 Å².